The van der Waals surface area contributed by atoms with Gasteiger partial charge in [-0.2, -0.15) is 0 Å². The summed E-state index contributed by atoms with van der Waals surface area (Å²) in [5.41, 5.74) is 2.44. The van der Waals surface area contributed by atoms with E-state index in [-0.39, 0.29) is 13.6 Å². The molecular weight excluding hydrogens is 448 g/mol. The second kappa shape index (κ2) is 8.54. The fourth-order valence-electron chi connectivity index (χ4n) is 3.95. The molecule has 0 saturated carbocycles. The van der Waals surface area contributed by atoms with Crippen molar-refractivity contribution >= 4 is 10.9 Å². The van der Waals surface area contributed by atoms with Crippen LogP contribution in [0.15, 0.2) is 93.5 Å². The summed E-state index contributed by atoms with van der Waals surface area (Å²) in [6.45, 7) is 4.62. The Bertz CT molecular complexity index is 1300. The molecule has 170 valence electrons. The predicted octanol–water partition coefficient (Wildman–Crippen LogP) is 6.65. The van der Waals surface area contributed by atoms with Crippen LogP contribution in [0.3, 0.4) is 0 Å². The lowest BCUT2D eigenvalue weighted by atomic mass is 10.2. The highest BCUT2D eigenvalue weighted by atomic mass is 32.2. The Morgan fingerprint density at radius 2 is 1.12 bits per heavy atom. The van der Waals surface area contributed by atoms with E-state index in [1.54, 1.807) is 0 Å². The molecule has 0 saturated heterocycles. The fraction of sp³-hybridized carbons (Fsp3) is 0.143. The quantitative estimate of drug-likeness (QED) is 0.305. The Kier molecular flexibility index (Phi) is 5.23. The number of aryl methyl sites for hydroxylation is 2. The predicted molar refractivity (Wildman–Crippen MR) is 130 cm³/mol. The summed E-state index contributed by atoms with van der Waals surface area (Å²) in [6.07, 6.45) is 0. The molecule has 5 nitrogen and oxygen atoms in total. The van der Waals surface area contributed by atoms with Crippen LogP contribution in [0.5, 0.6) is 34.5 Å². The van der Waals surface area contributed by atoms with Gasteiger partial charge in [0.05, 0.1) is 0 Å². The van der Waals surface area contributed by atoms with E-state index in [0.717, 1.165) is 16.4 Å². The first-order valence-electron chi connectivity index (χ1n) is 11.0. The maximum atomic E-state index is 6.47. The van der Waals surface area contributed by atoms with Crippen LogP contribution in [0, 0.1) is 13.8 Å². The highest BCUT2D eigenvalue weighted by molar-refractivity contribution is 7.97. The summed E-state index contributed by atoms with van der Waals surface area (Å²) in [5, 5.41) is 0. The van der Waals surface area contributed by atoms with Crippen molar-refractivity contribution < 1.29 is 23.7 Å². The Balaban J connectivity index is 1.50. The van der Waals surface area contributed by atoms with Gasteiger partial charge in [0.15, 0.2) is 38.5 Å². The molecule has 0 unspecified atom stereocenters. The summed E-state index contributed by atoms with van der Waals surface area (Å²) in [6, 6.07) is 26.9. The Morgan fingerprint density at radius 1 is 0.588 bits per heavy atom. The molecule has 2 aliphatic heterocycles. The SMILES string of the molecule is Cc1ccc([S+](c2ccc(C)cc2)c2cc3c(cc2Oc2ccc4c(c2)OCO4)OCO3)cc1. The smallest absolute Gasteiger partial charge is 0.231 e. The minimum Gasteiger partial charge on any atom is -0.454 e. The van der Waals surface area contributed by atoms with Gasteiger partial charge in [0, 0.05) is 18.2 Å². The van der Waals surface area contributed by atoms with Crippen LogP contribution in [-0.2, 0) is 10.9 Å². The number of hydrogen-bond donors (Lipinski definition) is 0. The topological polar surface area (TPSA) is 46.2 Å². The Morgan fingerprint density at radius 3 is 1.74 bits per heavy atom. The van der Waals surface area contributed by atoms with Crippen molar-refractivity contribution in [2.45, 2.75) is 28.5 Å². The van der Waals surface area contributed by atoms with Gasteiger partial charge in [0.1, 0.15) is 16.6 Å². The van der Waals surface area contributed by atoms with Gasteiger partial charge >= 0.3 is 0 Å². The first-order chi connectivity index (χ1) is 16.6. The minimum atomic E-state index is -0.424. The van der Waals surface area contributed by atoms with Crippen molar-refractivity contribution in [2.75, 3.05) is 13.6 Å². The summed E-state index contributed by atoms with van der Waals surface area (Å²) >= 11 is 0. The van der Waals surface area contributed by atoms with Gasteiger partial charge in [0.25, 0.3) is 0 Å². The number of fused-ring (bicyclic) bond motifs is 2. The van der Waals surface area contributed by atoms with Gasteiger partial charge in [-0.3, -0.25) is 0 Å². The van der Waals surface area contributed by atoms with Crippen LogP contribution >= 0.6 is 0 Å². The lowest BCUT2D eigenvalue weighted by Gasteiger charge is -2.14. The molecule has 6 rings (SSSR count). The van der Waals surface area contributed by atoms with E-state index < -0.39 is 10.9 Å². The lowest BCUT2D eigenvalue weighted by molar-refractivity contribution is 0.173. The largest absolute Gasteiger partial charge is 0.454 e. The van der Waals surface area contributed by atoms with Crippen LogP contribution in [0.2, 0.25) is 0 Å². The van der Waals surface area contributed by atoms with Gasteiger partial charge in [0.2, 0.25) is 18.5 Å². The van der Waals surface area contributed by atoms with Gasteiger partial charge in [-0.15, -0.1) is 0 Å². The molecule has 0 amide bonds. The second-order valence-electron chi connectivity index (χ2n) is 8.20. The average Bonchev–Trinajstić information content (AvgIpc) is 3.50. The molecule has 0 aliphatic carbocycles. The van der Waals surface area contributed by atoms with E-state index in [9.17, 15) is 0 Å². The molecule has 0 spiro atoms. The van der Waals surface area contributed by atoms with Crippen LogP contribution in [0.1, 0.15) is 11.1 Å². The minimum absolute atomic E-state index is 0.199. The summed E-state index contributed by atoms with van der Waals surface area (Å²) in [5.74, 6) is 4.18. The van der Waals surface area contributed by atoms with E-state index in [0.29, 0.717) is 23.0 Å². The molecule has 34 heavy (non-hydrogen) atoms. The third-order valence-electron chi connectivity index (χ3n) is 5.74. The van der Waals surface area contributed by atoms with E-state index in [1.807, 2.05) is 30.3 Å². The molecule has 0 N–H and O–H groups in total. The maximum absolute atomic E-state index is 6.47. The van der Waals surface area contributed by atoms with Crippen LogP contribution in [-0.4, -0.2) is 13.6 Å². The van der Waals surface area contributed by atoms with Crippen molar-refractivity contribution in [1.82, 2.24) is 0 Å². The van der Waals surface area contributed by atoms with Crippen molar-refractivity contribution in [3.63, 3.8) is 0 Å². The molecular formula is C28H23O5S+. The lowest BCUT2D eigenvalue weighted by Crippen LogP contribution is -2.07. The zero-order valence-corrected chi connectivity index (χ0v) is 19.7. The zero-order valence-electron chi connectivity index (χ0n) is 18.9. The number of benzene rings is 4. The average molecular weight is 472 g/mol. The third-order valence-corrected chi connectivity index (χ3v) is 7.99. The molecule has 2 aliphatic rings. The summed E-state index contributed by atoms with van der Waals surface area (Å²) in [7, 11) is -0.424. The zero-order chi connectivity index (χ0) is 23.1. The highest BCUT2D eigenvalue weighted by Gasteiger charge is 2.35. The van der Waals surface area contributed by atoms with Crippen LogP contribution in [0.25, 0.3) is 0 Å². The first kappa shape index (κ1) is 20.8. The van der Waals surface area contributed by atoms with E-state index >= 15 is 0 Å². The Labute approximate surface area is 201 Å². The first-order valence-corrected chi connectivity index (χ1v) is 12.3. The van der Waals surface area contributed by atoms with Gasteiger partial charge in [-0.1, -0.05) is 35.4 Å². The highest BCUT2D eigenvalue weighted by Crippen LogP contribution is 2.46. The van der Waals surface area contributed by atoms with E-state index in [4.69, 9.17) is 23.7 Å². The third kappa shape index (κ3) is 3.90. The van der Waals surface area contributed by atoms with Crippen LogP contribution in [0.4, 0.5) is 0 Å². The molecule has 4 aromatic carbocycles. The van der Waals surface area contributed by atoms with Gasteiger partial charge in [-0.05, 0) is 50.2 Å². The van der Waals surface area contributed by atoms with Crippen LogP contribution < -0.4 is 23.7 Å². The van der Waals surface area contributed by atoms with E-state index in [1.165, 1.54) is 20.9 Å². The number of ether oxygens (including phenoxy) is 5. The second-order valence-corrected chi connectivity index (χ2v) is 10.2. The number of rotatable bonds is 5. The molecule has 2 heterocycles. The molecule has 0 aromatic heterocycles. The van der Waals surface area contributed by atoms with Crippen molar-refractivity contribution in [1.29, 1.82) is 0 Å². The molecule has 0 radical (unpaired) electrons. The monoisotopic (exact) mass is 471 g/mol. The van der Waals surface area contributed by atoms with Crippen molar-refractivity contribution in [3.05, 3.63) is 90.0 Å². The fourth-order valence-corrected chi connectivity index (χ4v) is 6.07. The molecule has 0 fully saturated rings. The standard InChI is InChI=1S/C28H23O5S/c1-18-3-8-21(9-4-18)34(22-10-5-19(2)6-11-22)28-15-26-25(31-17-32-26)14-27(28)33-20-7-12-23-24(13-20)30-16-29-23/h3-15H,16-17H2,1-2H3/q+1. The maximum Gasteiger partial charge on any atom is 0.231 e. The van der Waals surface area contributed by atoms with E-state index in [2.05, 4.69) is 62.4 Å². The Hall–Kier alpha value is -3.77. The number of hydrogen-bond acceptors (Lipinski definition) is 5. The molecule has 4 aromatic rings. The summed E-state index contributed by atoms with van der Waals surface area (Å²) < 4.78 is 28.9. The van der Waals surface area contributed by atoms with Gasteiger partial charge in [-0.25, -0.2) is 0 Å². The van der Waals surface area contributed by atoms with Crippen molar-refractivity contribution in [2.24, 2.45) is 0 Å². The molecule has 6 heteroatoms. The van der Waals surface area contributed by atoms with Crippen molar-refractivity contribution in [3.8, 4) is 34.5 Å². The normalized spacial score (nSPS) is 13.4. The molecule has 0 bridgehead atoms. The molecule has 0 atom stereocenters. The summed E-state index contributed by atoms with van der Waals surface area (Å²) in [4.78, 5) is 3.42. The van der Waals surface area contributed by atoms with Gasteiger partial charge < -0.3 is 23.7 Å².